The van der Waals surface area contributed by atoms with Crippen LogP contribution in [0.4, 0.5) is 5.13 Å². The number of aryl methyl sites for hydroxylation is 1. The Kier molecular flexibility index (Phi) is 5.40. The van der Waals surface area contributed by atoms with Gasteiger partial charge in [-0.15, -0.1) is 11.3 Å². The van der Waals surface area contributed by atoms with Crippen LogP contribution in [0, 0.1) is 6.92 Å². The number of rotatable bonds is 7. The van der Waals surface area contributed by atoms with E-state index < -0.39 is 0 Å². The number of hydrogen-bond donors (Lipinski definition) is 2. The highest BCUT2D eigenvalue weighted by molar-refractivity contribution is 7.19. The Morgan fingerprint density at radius 1 is 1.25 bits per heavy atom. The molecule has 0 unspecified atom stereocenters. The molecular formula is C22H22N6O2S2. The molecule has 0 atom stereocenters. The molecular weight excluding hydrogens is 444 g/mol. The summed E-state index contributed by atoms with van der Waals surface area (Å²) in [5.74, 6) is -0.339. The lowest BCUT2D eigenvalue weighted by molar-refractivity contribution is 0.0732. The van der Waals surface area contributed by atoms with E-state index in [-0.39, 0.29) is 17.9 Å². The minimum atomic E-state index is -0.195. The van der Waals surface area contributed by atoms with E-state index in [1.807, 2.05) is 53.7 Å². The van der Waals surface area contributed by atoms with Crippen molar-refractivity contribution in [1.82, 2.24) is 24.6 Å². The van der Waals surface area contributed by atoms with Crippen LogP contribution in [0.15, 0.2) is 41.9 Å². The molecule has 5 rings (SSSR count). The summed E-state index contributed by atoms with van der Waals surface area (Å²) >= 11 is 2.80. The Labute approximate surface area is 192 Å². The molecule has 0 bridgehead atoms. The van der Waals surface area contributed by atoms with Crippen LogP contribution in [-0.2, 0) is 0 Å². The van der Waals surface area contributed by atoms with Gasteiger partial charge in [-0.2, -0.15) is 0 Å². The Morgan fingerprint density at radius 3 is 2.78 bits per heavy atom. The Hall–Kier alpha value is -3.24. The zero-order valence-electron chi connectivity index (χ0n) is 17.4. The Balaban J connectivity index is 1.31. The van der Waals surface area contributed by atoms with Crippen molar-refractivity contribution in [2.45, 2.75) is 25.8 Å². The third-order valence-electron chi connectivity index (χ3n) is 5.42. The lowest BCUT2D eigenvalue weighted by atomic mass is 10.1. The van der Waals surface area contributed by atoms with Gasteiger partial charge in [0.15, 0.2) is 10.1 Å². The van der Waals surface area contributed by atoms with Gasteiger partial charge in [0.05, 0.1) is 10.6 Å². The molecule has 10 heteroatoms. The lowest BCUT2D eigenvalue weighted by Crippen LogP contribution is -2.40. The highest BCUT2D eigenvalue weighted by atomic mass is 32.1. The second-order valence-electron chi connectivity index (χ2n) is 7.68. The molecule has 2 amide bonds. The number of anilines is 1. The van der Waals surface area contributed by atoms with Gasteiger partial charge in [-0.3, -0.25) is 14.0 Å². The summed E-state index contributed by atoms with van der Waals surface area (Å²) in [6.45, 7) is 2.58. The fourth-order valence-electron chi connectivity index (χ4n) is 3.78. The Morgan fingerprint density at radius 2 is 2.03 bits per heavy atom. The molecule has 1 aliphatic rings. The number of aromatic nitrogens is 3. The summed E-state index contributed by atoms with van der Waals surface area (Å²) in [4.78, 5) is 38.4. The summed E-state index contributed by atoms with van der Waals surface area (Å²) in [6.07, 6.45) is 3.75. The number of amides is 2. The summed E-state index contributed by atoms with van der Waals surface area (Å²) in [5, 5.41) is 5.21. The fourth-order valence-corrected chi connectivity index (χ4v) is 5.37. The van der Waals surface area contributed by atoms with E-state index in [0.29, 0.717) is 35.3 Å². The maximum Gasteiger partial charge on any atom is 0.274 e. The number of nitrogens with two attached hydrogens (primary N) is 1. The van der Waals surface area contributed by atoms with Crippen LogP contribution in [0.3, 0.4) is 0 Å². The zero-order valence-corrected chi connectivity index (χ0v) is 19.1. The number of nitrogen functional groups attached to an aromatic ring is 1. The molecule has 1 fully saturated rings. The molecule has 164 valence electrons. The Bertz CT molecular complexity index is 1290. The van der Waals surface area contributed by atoms with E-state index in [1.165, 1.54) is 22.7 Å². The van der Waals surface area contributed by atoms with Crippen LogP contribution in [0.25, 0.3) is 15.4 Å². The minimum Gasteiger partial charge on any atom is -0.375 e. The van der Waals surface area contributed by atoms with Crippen molar-refractivity contribution in [1.29, 1.82) is 0 Å². The first kappa shape index (κ1) is 20.7. The summed E-state index contributed by atoms with van der Waals surface area (Å²) in [6, 6.07) is 9.86. The van der Waals surface area contributed by atoms with Crippen LogP contribution in [0.1, 0.15) is 39.5 Å². The molecule has 3 N–H and O–H groups in total. The highest BCUT2D eigenvalue weighted by Gasteiger charge is 2.35. The van der Waals surface area contributed by atoms with E-state index in [1.54, 1.807) is 4.40 Å². The smallest absolute Gasteiger partial charge is 0.274 e. The molecule has 4 aromatic rings. The summed E-state index contributed by atoms with van der Waals surface area (Å²) < 4.78 is 1.79. The molecule has 1 aromatic carbocycles. The molecule has 1 saturated carbocycles. The van der Waals surface area contributed by atoms with Crippen molar-refractivity contribution in [2.24, 2.45) is 0 Å². The number of benzene rings is 1. The van der Waals surface area contributed by atoms with Gasteiger partial charge in [0.25, 0.3) is 11.8 Å². The number of fused-ring (bicyclic) bond motifs is 1. The average Bonchev–Trinajstić information content (AvgIpc) is 3.27. The number of nitrogens with zero attached hydrogens (tertiary/aromatic N) is 4. The van der Waals surface area contributed by atoms with Gasteiger partial charge in [0.1, 0.15) is 11.4 Å². The predicted molar refractivity (Wildman–Crippen MR) is 126 cm³/mol. The first-order valence-corrected chi connectivity index (χ1v) is 12.1. The van der Waals surface area contributed by atoms with Crippen molar-refractivity contribution < 1.29 is 9.59 Å². The molecule has 0 radical (unpaired) electrons. The second-order valence-corrected chi connectivity index (χ2v) is 9.59. The fraction of sp³-hybridized carbons (Fsp3) is 0.273. The molecule has 3 aromatic heterocycles. The van der Waals surface area contributed by atoms with Gasteiger partial charge in [-0.1, -0.05) is 41.7 Å². The summed E-state index contributed by atoms with van der Waals surface area (Å²) in [5.41, 5.74) is 8.48. The van der Waals surface area contributed by atoms with Crippen molar-refractivity contribution in [3.63, 3.8) is 0 Å². The first-order chi connectivity index (χ1) is 15.5. The number of carbonyl (C=O) groups is 2. The summed E-state index contributed by atoms with van der Waals surface area (Å²) in [7, 11) is 0. The molecule has 32 heavy (non-hydrogen) atoms. The van der Waals surface area contributed by atoms with Gasteiger partial charge in [0, 0.05) is 30.7 Å². The first-order valence-electron chi connectivity index (χ1n) is 10.4. The average molecular weight is 467 g/mol. The molecule has 0 aliphatic heterocycles. The number of thiazole rings is 2. The van der Waals surface area contributed by atoms with E-state index in [0.717, 1.165) is 28.2 Å². The number of hydrogen-bond acceptors (Lipinski definition) is 7. The molecule has 1 aliphatic carbocycles. The van der Waals surface area contributed by atoms with E-state index in [4.69, 9.17) is 5.73 Å². The zero-order chi connectivity index (χ0) is 22.2. The molecule has 0 spiro atoms. The largest absolute Gasteiger partial charge is 0.375 e. The molecule has 8 nitrogen and oxygen atoms in total. The van der Waals surface area contributed by atoms with Gasteiger partial charge in [-0.25, -0.2) is 9.97 Å². The topological polar surface area (TPSA) is 106 Å². The van der Waals surface area contributed by atoms with E-state index in [9.17, 15) is 9.59 Å². The van der Waals surface area contributed by atoms with Gasteiger partial charge >= 0.3 is 0 Å². The van der Waals surface area contributed by atoms with Crippen LogP contribution in [-0.4, -0.2) is 50.2 Å². The van der Waals surface area contributed by atoms with E-state index >= 15 is 0 Å². The highest BCUT2D eigenvalue weighted by Crippen LogP contribution is 2.35. The van der Waals surface area contributed by atoms with E-state index in [2.05, 4.69) is 15.3 Å². The standard InChI is InChI=1S/C22H22N6O2S2/c1-13-17(28-11-12-31-22(28)25-13)19(29)24-9-10-27(15-7-8-15)20(30)16-18(32-21(23)26-16)14-5-3-2-4-6-14/h2-6,11-12,15H,7-10H2,1H3,(H2,23,26)(H,24,29). The number of nitrogens with one attached hydrogen (secondary N) is 1. The number of imidazole rings is 1. The van der Waals surface area contributed by atoms with Crippen molar-refractivity contribution in [3.05, 3.63) is 59.0 Å². The third kappa shape index (κ3) is 3.87. The minimum absolute atomic E-state index is 0.144. The van der Waals surface area contributed by atoms with Crippen LogP contribution in [0.2, 0.25) is 0 Å². The normalized spacial score (nSPS) is 13.4. The number of carbonyl (C=O) groups excluding carboxylic acids is 2. The van der Waals surface area contributed by atoms with Gasteiger partial charge in [-0.05, 0) is 25.3 Å². The van der Waals surface area contributed by atoms with Crippen LogP contribution >= 0.6 is 22.7 Å². The van der Waals surface area contributed by atoms with Crippen molar-refractivity contribution >= 4 is 44.6 Å². The predicted octanol–water partition coefficient (Wildman–Crippen LogP) is 3.44. The van der Waals surface area contributed by atoms with Crippen LogP contribution in [0.5, 0.6) is 0 Å². The SMILES string of the molecule is Cc1nc2sccn2c1C(=O)NCCN(C(=O)c1nc(N)sc1-c1ccccc1)C1CC1. The molecule has 0 saturated heterocycles. The molecule has 3 heterocycles. The van der Waals surface area contributed by atoms with Crippen LogP contribution < -0.4 is 11.1 Å². The third-order valence-corrected chi connectivity index (χ3v) is 7.11. The maximum absolute atomic E-state index is 13.4. The van der Waals surface area contributed by atoms with Crippen molar-refractivity contribution in [3.8, 4) is 10.4 Å². The van der Waals surface area contributed by atoms with Crippen molar-refractivity contribution in [2.75, 3.05) is 18.8 Å². The quantitative estimate of drug-likeness (QED) is 0.434. The van der Waals surface area contributed by atoms with Gasteiger partial charge in [0.2, 0.25) is 0 Å². The lowest BCUT2D eigenvalue weighted by Gasteiger charge is -2.22. The van der Waals surface area contributed by atoms with Gasteiger partial charge < -0.3 is 16.0 Å². The maximum atomic E-state index is 13.4. The second kappa shape index (κ2) is 8.36. The monoisotopic (exact) mass is 466 g/mol.